The van der Waals surface area contributed by atoms with Gasteiger partial charge in [-0.2, -0.15) is 0 Å². The van der Waals surface area contributed by atoms with Gasteiger partial charge in [0, 0.05) is 5.22 Å². The van der Waals surface area contributed by atoms with Gasteiger partial charge in [-0.3, -0.25) is 0 Å². The first kappa shape index (κ1) is 6.71. The van der Waals surface area contributed by atoms with Gasteiger partial charge in [-0.05, 0) is 31.4 Å². The molecular formula is C10H12O. The number of hydrogen-bond acceptors (Lipinski definition) is 1. The highest BCUT2D eigenvalue weighted by atomic mass is 16.3. The van der Waals surface area contributed by atoms with Crippen LogP contribution in [0.3, 0.4) is 0 Å². The molecule has 11 heavy (non-hydrogen) atoms. The lowest BCUT2D eigenvalue weighted by Gasteiger charge is -2.02. The van der Waals surface area contributed by atoms with Gasteiger partial charge in [0.2, 0.25) is 0 Å². The molecule has 1 aromatic heterocycles. The molecule has 1 heteroatoms. The van der Waals surface area contributed by atoms with Gasteiger partial charge in [0.15, 0.2) is 0 Å². The van der Waals surface area contributed by atoms with E-state index < -0.39 is 0 Å². The Morgan fingerprint density at radius 3 is 3.18 bits per heavy atom. The summed E-state index contributed by atoms with van der Waals surface area (Å²) in [6.07, 6.45) is 5.55. The molecule has 0 N–H and O–H groups in total. The van der Waals surface area contributed by atoms with Crippen molar-refractivity contribution in [3.8, 4) is 0 Å². The van der Waals surface area contributed by atoms with E-state index in [9.17, 15) is 0 Å². The highest BCUT2D eigenvalue weighted by molar-refractivity contribution is 5.37. The fraction of sp³-hybridized carbons (Fsp3) is 0.400. The highest BCUT2D eigenvalue weighted by Gasteiger charge is 2.03. The molecule has 0 saturated heterocycles. The van der Waals surface area contributed by atoms with Crippen LogP contribution in [0.2, 0.25) is 0 Å². The van der Waals surface area contributed by atoms with E-state index in [0.717, 1.165) is 17.6 Å². The Bertz CT molecular complexity index is 370. The van der Waals surface area contributed by atoms with Crippen LogP contribution in [-0.4, -0.2) is 0 Å². The summed E-state index contributed by atoms with van der Waals surface area (Å²) in [6, 6.07) is 2.10. The molecule has 1 nitrogen and oxygen atoms in total. The van der Waals surface area contributed by atoms with E-state index in [-0.39, 0.29) is 0 Å². The van der Waals surface area contributed by atoms with Crippen molar-refractivity contribution in [1.82, 2.24) is 0 Å². The lowest BCUT2D eigenvalue weighted by Crippen LogP contribution is -2.23. The van der Waals surface area contributed by atoms with Crippen molar-refractivity contribution in [2.75, 3.05) is 0 Å². The Morgan fingerprint density at radius 1 is 1.55 bits per heavy atom. The molecule has 2 rings (SSSR count). The van der Waals surface area contributed by atoms with Crippen LogP contribution in [0.4, 0.5) is 0 Å². The maximum atomic E-state index is 5.47. The monoisotopic (exact) mass is 148 g/mol. The van der Waals surface area contributed by atoms with E-state index in [1.54, 1.807) is 0 Å². The standard InChI is InChI=1S/C10H12O/c1-7-3-4-10-9(5-7)6-8(2)11-10/h4-7H,3H2,1-2H3. The van der Waals surface area contributed by atoms with Gasteiger partial charge < -0.3 is 4.42 Å². The fourth-order valence-corrected chi connectivity index (χ4v) is 1.51. The molecule has 58 valence electrons. The van der Waals surface area contributed by atoms with Gasteiger partial charge in [-0.25, -0.2) is 0 Å². The predicted molar refractivity (Wildman–Crippen MR) is 45.4 cm³/mol. The first-order valence-corrected chi connectivity index (χ1v) is 4.04. The molecular weight excluding hydrogens is 136 g/mol. The topological polar surface area (TPSA) is 13.1 Å². The number of fused-ring (bicyclic) bond motifs is 1. The first-order valence-electron chi connectivity index (χ1n) is 4.04. The maximum absolute atomic E-state index is 5.47. The summed E-state index contributed by atoms with van der Waals surface area (Å²) >= 11 is 0. The lowest BCUT2D eigenvalue weighted by atomic mass is 10.0. The van der Waals surface area contributed by atoms with Crippen molar-refractivity contribution >= 4 is 12.2 Å². The smallest absolute Gasteiger partial charge is 0.129 e. The minimum atomic E-state index is 0.666. The number of aryl methyl sites for hydroxylation is 1. The molecule has 0 bridgehead atoms. The number of hydrogen-bond donors (Lipinski definition) is 0. The Labute approximate surface area is 66.0 Å². The van der Waals surface area contributed by atoms with Gasteiger partial charge in [0.05, 0.1) is 0 Å². The van der Waals surface area contributed by atoms with Crippen LogP contribution in [-0.2, 0) is 0 Å². The maximum Gasteiger partial charge on any atom is 0.129 e. The van der Waals surface area contributed by atoms with Crippen LogP contribution < -0.4 is 10.6 Å². The number of furan rings is 1. The molecule has 0 aromatic carbocycles. The third-order valence-corrected chi connectivity index (χ3v) is 2.05. The average Bonchev–Trinajstić information content (AvgIpc) is 2.27. The average molecular weight is 148 g/mol. The molecule has 0 spiro atoms. The van der Waals surface area contributed by atoms with Crippen molar-refractivity contribution in [2.45, 2.75) is 20.3 Å². The van der Waals surface area contributed by atoms with Crippen LogP contribution in [0.25, 0.3) is 12.2 Å². The van der Waals surface area contributed by atoms with Crippen molar-refractivity contribution in [3.63, 3.8) is 0 Å². The summed E-state index contributed by atoms with van der Waals surface area (Å²) in [7, 11) is 0. The molecule has 0 radical (unpaired) electrons. The second-order valence-corrected chi connectivity index (χ2v) is 3.26. The summed E-state index contributed by atoms with van der Waals surface area (Å²) in [6.45, 7) is 4.21. The molecule has 1 aliphatic rings. The Balaban J connectivity index is 2.72. The third kappa shape index (κ3) is 1.11. The molecule has 0 amide bonds. The minimum absolute atomic E-state index is 0.666. The van der Waals surface area contributed by atoms with Crippen LogP contribution in [0.1, 0.15) is 19.1 Å². The summed E-state index contributed by atoms with van der Waals surface area (Å²) < 4.78 is 5.47. The molecule has 1 aromatic rings. The van der Waals surface area contributed by atoms with Gasteiger partial charge >= 0.3 is 0 Å². The highest BCUT2D eigenvalue weighted by Crippen LogP contribution is 2.06. The fourth-order valence-electron chi connectivity index (χ4n) is 1.51. The molecule has 0 fully saturated rings. The molecule has 1 heterocycles. The van der Waals surface area contributed by atoms with Crippen LogP contribution >= 0.6 is 0 Å². The zero-order chi connectivity index (χ0) is 7.84. The third-order valence-electron chi connectivity index (χ3n) is 2.05. The van der Waals surface area contributed by atoms with Gasteiger partial charge in [-0.1, -0.05) is 13.0 Å². The van der Waals surface area contributed by atoms with Crippen LogP contribution in [0, 0.1) is 12.8 Å². The second-order valence-electron chi connectivity index (χ2n) is 3.26. The van der Waals surface area contributed by atoms with E-state index in [4.69, 9.17) is 4.42 Å². The normalized spacial score (nSPS) is 21.8. The number of rotatable bonds is 0. The van der Waals surface area contributed by atoms with E-state index in [1.807, 2.05) is 6.92 Å². The summed E-state index contributed by atoms with van der Waals surface area (Å²) in [5.74, 6) is 1.68. The molecule has 0 saturated carbocycles. The summed E-state index contributed by atoms with van der Waals surface area (Å²) in [4.78, 5) is 0. The Hall–Kier alpha value is -0.980. The van der Waals surface area contributed by atoms with Crippen molar-refractivity contribution < 1.29 is 4.42 Å². The second kappa shape index (κ2) is 2.26. The largest absolute Gasteiger partial charge is 0.462 e. The van der Waals surface area contributed by atoms with Crippen molar-refractivity contribution in [1.29, 1.82) is 0 Å². The van der Waals surface area contributed by atoms with Crippen LogP contribution in [0.15, 0.2) is 10.5 Å². The molecule has 1 aliphatic carbocycles. The predicted octanol–water partition coefficient (Wildman–Crippen LogP) is 1.19. The quantitative estimate of drug-likeness (QED) is 0.538. The van der Waals surface area contributed by atoms with E-state index in [1.165, 1.54) is 5.22 Å². The van der Waals surface area contributed by atoms with Crippen molar-refractivity contribution in [3.05, 3.63) is 22.5 Å². The Kier molecular flexibility index (Phi) is 1.38. The summed E-state index contributed by atoms with van der Waals surface area (Å²) in [5.41, 5.74) is 1.06. The molecule has 1 unspecified atom stereocenters. The van der Waals surface area contributed by atoms with Gasteiger partial charge in [-0.15, -0.1) is 0 Å². The zero-order valence-electron chi connectivity index (χ0n) is 6.92. The van der Waals surface area contributed by atoms with E-state index in [0.29, 0.717) is 5.92 Å². The van der Waals surface area contributed by atoms with E-state index >= 15 is 0 Å². The van der Waals surface area contributed by atoms with E-state index in [2.05, 4.69) is 25.1 Å². The zero-order valence-corrected chi connectivity index (χ0v) is 6.92. The molecule has 0 aliphatic heterocycles. The minimum Gasteiger partial charge on any atom is -0.462 e. The lowest BCUT2D eigenvalue weighted by molar-refractivity contribution is 0.497. The molecule has 1 atom stereocenters. The summed E-state index contributed by atoms with van der Waals surface area (Å²) in [5, 5.41) is 1.27. The van der Waals surface area contributed by atoms with Crippen LogP contribution in [0.5, 0.6) is 0 Å². The van der Waals surface area contributed by atoms with Gasteiger partial charge in [0.1, 0.15) is 11.2 Å². The SMILES string of the molecule is Cc1cc2c(o1)=CCC(C)C=2. The Morgan fingerprint density at radius 2 is 2.36 bits per heavy atom. The first-order chi connectivity index (χ1) is 5.25. The van der Waals surface area contributed by atoms with Gasteiger partial charge in [0.25, 0.3) is 0 Å². The van der Waals surface area contributed by atoms with Crippen molar-refractivity contribution in [2.24, 2.45) is 5.92 Å².